The maximum atomic E-state index is 11.4. The molecule has 0 spiro atoms. The predicted molar refractivity (Wildman–Crippen MR) is 71.4 cm³/mol. The number of primary amides is 1. The van der Waals surface area contributed by atoms with Crippen molar-refractivity contribution in [3.63, 3.8) is 0 Å². The van der Waals surface area contributed by atoms with Crippen LogP contribution in [0.15, 0.2) is 12.3 Å². The summed E-state index contributed by atoms with van der Waals surface area (Å²) in [7, 11) is 1.83. The number of nitrogen functional groups attached to an aromatic ring is 1. The molecule has 1 aliphatic rings. The molecule has 0 aromatic carbocycles. The minimum Gasteiger partial charge on any atom is -0.368 e. The fraction of sp³-hybridized carbons (Fsp3) is 0.308. The molecule has 4 N–H and O–H groups in total. The lowest BCUT2D eigenvalue weighted by molar-refractivity contribution is 0.0992. The third kappa shape index (κ3) is 1.76. The molecule has 98 valence electrons. The number of nitrogens with zero attached hydrogens (tertiary/aromatic N) is 3. The molecule has 3 rings (SSSR count). The van der Waals surface area contributed by atoms with E-state index in [1.54, 1.807) is 10.8 Å². The van der Waals surface area contributed by atoms with E-state index < -0.39 is 5.91 Å². The molecule has 1 aliphatic carbocycles. The van der Waals surface area contributed by atoms with Crippen LogP contribution in [0.2, 0.25) is 0 Å². The molecule has 6 heteroatoms. The summed E-state index contributed by atoms with van der Waals surface area (Å²) in [5.41, 5.74) is 15.5. The molecule has 0 atom stereocenters. The first-order chi connectivity index (χ1) is 9.08. The molecule has 0 fully saturated rings. The van der Waals surface area contributed by atoms with Crippen LogP contribution in [-0.4, -0.2) is 20.4 Å². The zero-order valence-corrected chi connectivity index (χ0v) is 10.7. The summed E-state index contributed by atoms with van der Waals surface area (Å²) in [6.07, 6.45) is 4.57. The highest BCUT2D eigenvalue weighted by molar-refractivity contribution is 5.93. The van der Waals surface area contributed by atoms with Crippen LogP contribution < -0.4 is 11.5 Å². The highest BCUT2D eigenvalue weighted by Gasteiger charge is 2.23. The van der Waals surface area contributed by atoms with Gasteiger partial charge in [0.05, 0.1) is 11.4 Å². The lowest BCUT2D eigenvalue weighted by atomic mass is 10.1. The Morgan fingerprint density at radius 3 is 2.84 bits per heavy atom. The first kappa shape index (κ1) is 11.7. The van der Waals surface area contributed by atoms with Gasteiger partial charge in [-0.1, -0.05) is 0 Å². The van der Waals surface area contributed by atoms with E-state index >= 15 is 0 Å². The van der Waals surface area contributed by atoms with Crippen molar-refractivity contribution in [1.29, 1.82) is 0 Å². The molecule has 0 bridgehead atoms. The molecule has 6 nitrogen and oxygen atoms in total. The van der Waals surface area contributed by atoms with Crippen LogP contribution in [-0.2, 0) is 19.9 Å². The highest BCUT2D eigenvalue weighted by Crippen LogP contribution is 2.32. The van der Waals surface area contributed by atoms with Gasteiger partial charge in [0, 0.05) is 13.2 Å². The predicted octanol–water partition coefficient (Wildman–Crippen LogP) is 0.652. The van der Waals surface area contributed by atoms with Crippen LogP contribution >= 0.6 is 0 Å². The van der Waals surface area contributed by atoms with Crippen LogP contribution in [0.3, 0.4) is 0 Å². The van der Waals surface area contributed by atoms with Crippen LogP contribution in [0, 0.1) is 0 Å². The van der Waals surface area contributed by atoms with Gasteiger partial charge in [-0.3, -0.25) is 4.79 Å². The van der Waals surface area contributed by atoms with Crippen molar-refractivity contribution in [1.82, 2.24) is 14.5 Å². The fourth-order valence-corrected chi connectivity index (χ4v) is 2.68. The van der Waals surface area contributed by atoms with Gasteiger partial charge in [-0.05, 0) is 36.5 Å². The van der Waals surface area contributed by atoms with E-state index in [1.165, 1.54) is 0 Å². The van der Waals surface area contributed by atoms with Gasteiger partial charge in [0.25, 0.3) is 5.91 Å². The molecular weight excluding hydrogens is 242 g/mol. The van der Waals surface area contributed by atoms with Crippen molar-refractivity contribution < 1.29 is 4.79 Å². The van der Waals surface area contributed by atoms with E-state index in [4.69, 9.17) is 11.5 Å². The monoisotopic (exact) mass is 257 g/mol. The summed E-state index contributed by atoms with van der Waals surface area (Å²) in [5.74, 6) is -0.187. The van der Waals surface area contributed by atoms with Gasteiger partial charge in [0.15, 0.2) is 0 Å². The van der Waals surface area contributed by atoms with Crippen molar-refractivity contribution in [3.05, 3.63) is 29.1 Å². The highest BCUT2D eigenvalue weighted by atomic mass is 16.1. The standard InChI is InChI=1S/C13H15N5O/c1-18-9(12(14)19)5-7-3-2-4-8-6-16-13(15)17-10(8)11(7)18/h5-6H,2-4H2,1H3,(H2,14,19)(H2,15,16,17). The van der Waals surface area contributed by atoms with Gasteiger partial charge in [-0.15, -0.1) is 0 Å². The van der Waals surface area contributed by atoms with Gasteiger partial charge in [0.2, 0.25) is 5.95 Å². The molecule has 0 radical (unpaired) electrons. The normalized spacial score (nSPS) is 13.5. The summed E-state index contributed by atoms with van der Waals surface area (Å²) in [4.78, 5) is 19.8. The van der Waals surface area contributed by atoms with Crippen LogP contribution in [0.5, 0.6) is 0 Å². The number of aryl methyl sites for hydroxylation is 2. The Morgan fingerprint density at radius 2 is 2.11 bits per heavy atom. The molecule has 19 heavy (non-hydrogen) atoms. The molecule has 0 saturated heterocycles. The number of amides is 1. The minimum absolute atomic E-state index is 0.244. The Hall–Kier alpha value is -2.37. The average molecular weight is 257 g/mol. The van der Waals surface area contributed by atoms with E-state index in [-0.39, 0.29) is 5.95 Å². The third-order valence-electron chi connectivity index (χ3n) is 3.56. The Kier molecular flexibility index (Phi) is 2.51. The van der Waals surface area contributed by atoms with Crippen LogP contribution in [0.1, 0.15) is 28.0 Å². The first-order valence-electron chi connectivity index (χ1n) is 6.18. The number of rotatable bonds is 1. The van der Waals surface area contributed by atoms with E-state index in [1.807, 2.05) is 13.1 Å². The minimum atomic E-state index is -0.431. The number of fused-ring (bicyclic) bond motifs is 3. The van der Waals surface area contributed by atoms with E-state index in [0.717, 1.165) is 41.8 Å². The number of carbonyl (C=O) groups excluding carboxylic acids is 1. The summed E-state index contributed by atoms with van der Waals surface area (Å²) >= 11 is 0. The molecular formula is C13H15N5O. The average Bonchev–Trinajstić information content (AvgIpc) is 2.58. The Morgan fingerprint density at radius 1 is 1.37 bits per heavy atom. The van der Waals surface area contributed by atoms with Crippen molar-refractivity contribution >= 4 is 11.9 Å². The second kappa shape index (κ2) is 4.08. The van der Waals surface area contributed by atoms with Crippen LogP contribution in [0.25, 0.3) is 11.4 Å². The number of hydrogen-bond donors (Lipinski definition) is 2. The Labute approximate surface area is 110 Å². The second-order valence-electron chi connectivity index (χ2n) is 4.78. The van der Waals surface area contributed by atoms with E-state index in [0.29, 0.717) is 5.69 Å². The molecule has 0 unspecified atom stereocenters. The number of anilines is 1. The number of nitrogens with two attached hydrogens (primary N) is 2. The van der Waals surface area contributed by atoms with Gasteiger partial charge >= 0.3 is 0 Å². The van der Waals surface area contributed by atoms with Crippen molar-refractivity contribution in [3.8, 4) is 11.4 Å². The van der Waals surface area contributed by atoms with Gasteiger partial charge in [-0.25, -0.2) is 9.97 Å². The topological polar surface area (TPSA) is 99.8 Å². The molecule has 2 heterocycles. The first-order valence-corrected chi connectivity index (χ1v) is 6.18. The SMILES string of the molecule is Cn1c(C(N)=O)cc2c1-c1nc(N)ncc1CCC2. The van der Waals surface area contributed by atoms with E-state index in [2.05, 4.69) is 9.97 Å². The number of hydrogen-bond acceptors (Lipinski definition) is 4. The van der Waals surface area contributed by atoms with Crippen molar-refractivity contribution in [2.45, 2.75) is 19.3 Å². The molecule has 1 amide bonds. The largest absolute Gasteiger partial charge is 0.368 e. The summed E-state index contributed by atoms with van der Waals surface area (Å²) in [6, 6.07) is 1.85. The van der Waals surface area contributed by atoms with Crippen molar-refractivity contribution in [2.75, 3.05) is 5.73 Å². The van der Waals surface area contributed by atoms with Crippen molar-refractivity contribution in [2.24, 2.45) is 12.8 Å². The maximum absolute atomic E-state index is 11.4. The van der Waals surface area contributed by atoms with Gasteiger partial charge in [-0.2, -0.15) is 0 Å². The third-order valence-corrected chi connectivity index (χ3v) is 3.56. The van der Waals surface area contributed by atoms with Crippen LogP contribution in [0.4, 0.5) is 5.95 Å². The molecule has 0 aliphatic heterocycles. The number of aromatic nitrogens is 3. The summed E-state index contributed by atoms with van der Waals surface area (Å²) in [5, 5.41) is 0. The summed E-state index contributed by atoms with van der Waals surface area (Å²) < 4.78 is 1.80. The maximum Gasteiger partial charge on any atom is 0.265 e. The molecule has 2 aromatic rings. The molecule has 0 saturated carbocycles. The smallest absolute Gasteiger partial charge is 0.265 e. The van der Waals surface area contributed by atoms with E-state index in [9.17, 15) is 4.79 Å². The number of carbonyl (C=O) groups is 1. The second-order valence-corrected chi connectivity index (χ2v) is 4.78. The molecule has 2 aromatic heterocycles. The Bertz CT molecular complexity index is 674. The quantitative estimate of drug-likeness (QED) is 0.783. The Balaban J connectivity index is 2.30. The fourth-order valence-electron chi connectivity index (χ4n) is 2.68. The lowest BCUT2D eigenvalue weighted by Gasteiger charge is -2.09. The summed E-state index contributed by atoms with van der Waals surface area (Å²) in [6.45, 7) is 0. The zero-order chi connectivity index (χ0) is 13.6. The van der Waals surface area contributed by atoms with Gasteiger partial charge < -0.3 is 16.0 Å². The van der Waals surface area contributed by atoms with Gasteiger partial charge in [0.1, 0.15) is 5.69 Å². The zero-order valence-electron chi connectivity index (χ0n) is 10.7. The lowest BCUT2D eigenvalue weighted by Crippen LogP contribution is -2.15.